The lowest BCUT2D eigenvalue weighted by Gasteiger charge is -2.16. The SMILES string of the molecule is CCc1ccc(NC(=O)Nc2cc(N3CCCC3)ncn2)cc1. The van der Waals surface area contributed by atoms with Crippen molar-refractivity contribution >= 4 is 23.4 Å². The van der Waals surface area contributed by atoms with E-state index in [-0.39, 0.29) is 6.03 Å². The first-order valence-corrected chi connectivity index (χ1v) is 7.98. The van der Waals surface area contributed by atoms with Crippen molar-refractivity contribution in [2.24, 2.45) is 0 Å². The number of hydrogen-bond donors (Lipinski definition) is 2. The van der Waals surface area contributed by atoms with Crippen molar-refractivity contribution < 1.29 is 4.79 Å². The van der Waals surface area contributed by atoms with Crippen LogP contribution in [0.1, 0.15) is 25.3 Å². The molecule has 6 heteroatoms. The molecule has 0 spiro atoms. The summed E-state index contributed by atoms with van der Waals surface area (Å²) in [6.07, 6.45) is 4.83. The van der Waals surface area contributed by atoms with Crippen LogP contribution in [0.4, 0.5) is 22.1 Å². The smallest absolute Gasteiger partial charge is 0.324 e. The number of benzene rings is 1. The lowest BCUT2D eigenvalue weighted by Crippen LogP contribution is -2.22. The average Bonchev–Trinajstić information content (AvgIpc) is 3.10. The van der Waals surface area contributed by atoms with E-state index in [1.807, 2.05) is 30.3 Å². The maximum absolute atomic E-state index is 12.1. The van der Waals surface area contributed by atoms with Gasteiger partial charge in [0, 0.05) is 24.8 Å². The second-order valence-corrected chi connectivity index (χ2v) is 5.59. The molecule has 0 saturated carbocycles. The summed E-state index contributed by atoms with van der Waals surface area (Å²) in [5.74, 6) is 1.37. The van der Waals surface area contributed by atoms with Gasteiger partial charge < -0.3 is 10.2 Å². The van der Waals surface area contributed by atoms with E-state index in [2.05, 4.69) is 32.4 Å². The molecule has 1 saturated heterocycles. The van der Waals surface area contributed by atoms with Crippen LogP contribution in [-0.2, 0) is 6.42 Å². The predicted molar refractivity (Wildman–Crippen MR) is 91.9 cm³/mol. The van der Waals surface area contributed by atoms with Crippen LogP contribution in [0.2, 0.25) is 0 Å². The first-order valence-electron chi connectivity index (χ1n) is 7.98. The molecule has 2 heterocycles. The van der Waals surface area contributed by atoms with Gasteiger partial charge in [-0.05, 0) is 37.0 Å². The molecular formula is C17H21N5O. The van der Waals surface area contributed by atoms with Gasteiger partial charge in [-0.2, -0.15) is 0 Å². The number of aryl methyl sites for hydroxylation is 1. The van der Waals surface area contributed by atoms with Gasteiger partial charge in [0.1, 0.15) is 18.0 Å². The Bertz CT molecular complexity index is 665. The Morgan fingerprint density at radius 1 is 1.13 bits per heavy atom. The number of rotatable bonds is 4. The highest BCUT2D eigenvalue weighted by molar-refractivity contribution is 5.99. The Morgan fingerprint density at radius 3 is 2.57 bits per heavy atom. The molecule has 1 fully saturated rings. The molecule has 3 rings (SSSR count). The maximum atomic E-state index is 12.1. The van der Waals surface area contributed by atoms with E-state index in [0.29, 0.717) is 5.82 Å². The van der Waals surface area contributed by atoms with Crippen LogP contribution < -0.4 is 15.5 Å². The van der Waals surface area contributed by atoms with Crippen LogP contribution in [-0.4, -0.2) is 29.1 Å². The molecule has 0 atom stereocenters. The number of nitrogens with zero attached hydrogens (tertiary/aromatic N) is 3. The average molecular weight is 311 g/mol. The zero-order valence-electron chi connectivity index (χ0n) is 13.2. The normalized spacial score (nSPS) is 13.9. The Labute approximate surface area is 135 Å². The van der Waals surface area contributed by atoms with Crippen molar-refractivity contribution in [3.63, 3.8) is 0 Å². The summed E-state index contributed by atoms with van der Waals surface area (Å²) >= 11 is 0. The first-order chi connectivity index (χ1) is 11.2. The molecule has 2 aromatic rings. The number of amides is 2. The summed E-state index contributed by atoms with van der Waals surface area (Å²) in [6.45, 7) is 4.11. The van der Waals surface area contributed by atoms with Crippen molar-refractivity contribution in [1.29, 1.82) is 0 Å². The molecule has 0 unspecified atom stereocenters. The molecule has 0 radical (unpaired) electrons. The number of carbonyl (C=O) groups excluding carboxylic acids is 1. The van der Waals surface area contributed by atoms with Crippen LogP contribution in [0.3, 0.4) is 0 Å². The third kappa shape index (κ3) is 3.97. The first kappa shape index (κ1) is 15.3. The molecule has 2 N–H and O–H groups in total. The highest BCUT2D eigenvalue weighted by atomic mass is 16.2. The summed E-state index contributed by atoms with van der Waals surface area (Å²) in [6, 6.07) is 9.31. The van der Waals surface area contributed by atoms with Gasteiger partial charge in [-0.1, -0.05) is 19.1 Å². The molecule has 6 nitrogen and oxygen atoms in total. The lowest BCUT2D eigenvalue weighted by molar-refractivity contribution is 0.262. The minimum atomic E-state index is -0.305. The third-order valence-electron chi connectivity index (χ3n) is 3.94. The van der Waals surface area contributed by atoms with Gasteiger partial charge in [0.05, 0.1) is 0 Å². The van der Waals surface area contributed by atoms with Crippen LogP contribution in [0.25, 0.3) is 0 Å². The van der Waals surface area contributed by atoms with E-state index in [0.717, 1.165) is 31.0 Å². The molecule has 2 amide bonds. The summed E-state index contributed by atoms with van der Waals surface area (Å²) < 4.78 is 0. The number of urea groups is 1. The van der Waals surface area contributed by atoms with Gasteiger partial charge in [-0.3, -0.25) is 5.32 Å². The van der Waals surface area contributed by atoms with Gasteiger partial charge in [0.25, 0.3) is 0 Å². The molecule has 1 aromatic carbocycles. The van der Waals surface area contributed by atoms with E-state index in [9.17, 15) is 4.79 Å². The fraction of sp³-hybridized carbons (Fsp3) is 0.353. The Kier molecular flexibility index (Phi) is 4.71. The van der Waals surface area contributed by atoms with Crippen molar-refractivity contribution in [2.75, 3.05) is 28.6 Å². The van der Waals surface area contributed by atoms with Crippen molar-refractivity contribution in [1.82, 2.24) is 9.97 Å². The summed E-state index contributed by atoms with van der Waals surface area (Å²) in [5.41, 5.74) is 2.00. The van der Waals surface area contributed by atoms with Crippen LogP contribution in [0.15, 0.2) is 36.7 Å². The van der Waals surface area contributed by atoms with E-state index in [4.69, 9.17) is 0 Å². The number of carbonyl (C=O) groups is 1. The highest BCUT2D eigenvalue weighted by Crippen LogP contribution is 2.19. The molecular weight excluding hydrogens is 290 g/mol. The Morgan fingerprint density at radius 2 is 1.87 bits per heavy atom. The molecule has 1 aliphatic rings. The standard InChI is InChI=1S/C17H21N5O/c1-2-13-5-7-14(8-6-13)20-17(23)21-15-11-16(19-12-18-15)22-9-3-4-10-22/h5-8,11-12H,2-4,9-10H2,1H3,(H2,18,19,20,21,23). The summed E-state index contributed by atoms with van der Waals surface area (Å²) in [4.78, 5) is 22.7. The van der Waals surface area contributed by atoms with Crippen LogP contribution in [0.5, 0.6) is 0 Å². The second kappa shape index (κ2) is 7.09. The Balaban J connectivity index is 1.61. The molecule has 120 valence electrons. The molecule has 0 bridgehead atoms. The number of hydrogen-bond acceptors (Lipinski definition) is 4. The number of anilines is 3. The van der Waals surface area contributed by atoms with Gasteiger partial charge in [0.15, 0.2) is 0 Å². The Hall–Kier alpha value is -2.63. The monoisotopic (exact) mass is 311 g/mol. The van der Waals surface area contributed by atoms with Crippen molar-refractivity contribution in [2.45, 2.75) is 26.2 Å². The van der Waals surface area contributed by atoms with Gasteiger partial charge in [-0.25, -0.2) is 14.8 Å². The molecule has 1 aromatic heterocycles. The predicted octanol–water partition coefficient (Wildman–Crippen LogP) is 3.28. The fourth-order valence-corrected chi connectivity index (χ4v) is 2.64. The van der Waals surface area contributed by atoms with Gasteiger partial charge in [0.2, 0.25) is 0 Å². The quantitative estimate of drug-likeness (QED) is 0.909. The summed E-state index contributed by atoms with van der Waals surface area (Å²) in [5, 5.41) is 5.56. The van der Waals surface area contributed by atoms with Crippen LogP contribution >= 0.6 is 0 Å². The summed E-state index contributed by atoms with van der Waals surface area (Å²) in [7, 11) is 0. The van der Waals surface area contributed by atoms with E-state index >= 15 is 0 Å². The molecule has 0 aliphatic carbocycles. The maximum Gasteiger partial charge on any atom is 0.324 e. The highest BCUT2D eigenvalue weighted by Gasteiger charge is 2.14. The van der Waals surface area contributed by atoms with Gasteiger partial charge in [-0.15, -0.1) is 0 Å². The zero-order valence-corrected chi connectivity index (χ0v) is 13.2. The number of aromatic nitrogens is 2. The van der Waals surface area contributed by atoms with Gasteiger partial charge >= 0.3 is 6.03 Å². The minimum absolute atomic E-state index is 0.305. The van der Waals surface area contributed by atoms with Crippen molar-refractivity contribution in [3.05, 3.63) is 42.2 Å². The third-order valence-corrected chi connectivity index (χ3v) is 3.94. The molecule has 1 aliphatic heterocycles. The second-order valence-electron chi connectivity index (χ2n) is 5.59. The number of nitrogens with one attached hydrogen (secondary N) is 2. The van der Waals surface area contributed by atoms with E-state index in [1.54, 1.807) is 0 Å². The fourth-order valence-electron chi connectivity index (χ4n) is 2.64. The van der Waals surface area contributed by atoms with Crippen molar-refractivity contribution in [3.8, 4) is 0 Å². The van der Waals surface area contributed by atoms with E-state index < -0.39 is 0 Å². The lowest BCUT2D eigenvalue weighted by atomic mass is 10.1. The zero-order chi connectivity index (χ0) is 16.1. The van der Waals surface area contributed by atoms with Crippen LogP contribution in [0, 0.1) is 0 Å². The largest absolute Gasteiger partial charge is 0.356 e. The minimum Gasteiger partial charge on any atom is -0.356 e. The topological polar surface area (TPSA) is 70.2 Å². The molecule has 23 heavy (non-hydrogen) atoms. The van der Waals surface area contributed by atoms with E-state index in [1.165, 1.54) is 24.7 Å².